The fourth-order valence-electron chi connectivity index (χ4n) is 2.54. The molecule has 0 amide bonds. The number of ketones is 1. The number of carbonyl (C=O) groups is 1. The Morgan fingerprint density at radius 3 is 2.52 bits per heavy atom. The van der Waals surface area contributed by atoms with Crippen LogP contribution >= 0.6 is 23.1 Å². The van der Waals surface area contributed by atoms with E-state index < -0.39 is 22.3 Å². The summed E-state index contributed by atoms with van der Waals surface area (Å²) in [5.74, 6) is 0.0943. The lowest BCUT2D eigenvalue weighted by molar-refractivity contribution is 0.0992. The van der Waals surface area contributed by atoms with E-state index in [0.29, 0.717) is 11.0 Å². The maximum atomic E-state index is 12.9. The third kappa shape index (κ3) is 3.23. The Bertz CT molecular complexity index is 1130. The van der Waals surface area contributed by atoms with Crippen LogP contribution in [0.5, 0.6) is 0 Å². The van der Waals surface area contributed by atoms with E-state index in [1.54, 1.807) is 22.8 Å². The van der Waals surface area contributed by atoms with Gasteiger partial charge in [-0.1, -0.05) is 17.8 Å². The van der Waals surface area contributed by atoms with Crippen molar-refractivity contribution in [2.24, 2.45) is 21.1 Å². The number of aromatic nitrogens is 5. The van der Waals surface area contributed by atoms with Gasteiger partial charge in [0.1, 0.15) is 11.4 Å². The molecule has 1 unspecified atom stereocenters. The second kappa shape index (κ2) is 7.16. The van der Waals surface area contributed by atoms with Crippen LogP contribution in [0.25, 0.3) is 10.7 Å². The van der Waals surface area contributed by atoms with Crippen LogP contribution < -0.4 is 17.0 Å². The largest absolute Gasteiger partial charge is 0.384 e. The summed E-state index contributed by atoms with van der Waals surface area (Å²) in [5, 5.41) is 10.2. The minimum atomic E-state index is -0.703. The van der Waals surface area contributed by atoms with Crippen LogP contribution in [-0.2, 0) is 21.1 Å². The van der Waals surface area contributed by atoms with Crippen molar-refractivity contribution in [3.8, 4) is 10.7 Å². The molecule has 0 aliphatic rings. The molecular formula is C16H18N6O3S2. The Morgan fingerprint density at radius 2 is 1.89 bits per heavy atom. The summed E-state index contributed by atoms with van der Waals surface area (Å²) in [6, 6.07) is 3.86. The van der Waals surface area contributed by atoms with Gasteiger partial charge in [-0.2, -0.15) is 0 Å². The molecule has 0 saturated carbocycles. The number of Topliss-reactive ketones (excluding diaryl/α,β-unsaturated/α-hetero) is 1. The van der Waals surface area contributed by atoms with E-state index in [1.807, 2.05) is 24.6 Å². The van der Waals surface area contributed by atoms with Crippen LogP contribution in [0.2, 0.25) is 0 Å². The number of anilines is 1. The van der Waals surface area contributed by atoms with Crippen molar-refractivity contribution in [3.05, 3.63) is 43.9 Å². The van der Waals surface area contributed by atoms with Gasteiger partial charge in [0.25, 0.3) is 5.56 Å². The Hall–Kier alpha value is -2.66. The predicted molar refractivity (Wildman–Crippen MR) is 105 cm³/mol. The van der Waals surface area contributed by atoms with Gasteiger partial charge in [-0.05, 0) is 18.4 Å². The van der Waals surface area contributed by atoms with E-state index in [2.05, 4.69) is 10.2 Å². The summed E-state index contributed by atoms with van der Waals surface area (Å²) >= 11 is 2.72. The zero-order valence-electron chi connectivity index (χ0n) is 15.2. The minimum Gasteiger partial charge on any atom is -0.384 e. The average Bonchev–Trinajstić information content (AvgIpc) is 3.29. The Morgan fingerprint density at radius 1 is 1.19 bits per heavy atom. The molecule has 0 radical (unpaired) electrons. The molecule has 9 nitrogen and oxygen atoms in total. The summed E-state index contributed by atoms with van der Waals surface area (Å²) in [6.07, 6.45) is 0. The summed E-state index contributed by atoms with van der Waals surface area (Å²) < 4.78 is 3.75. The van der Waals surface area contributed by atoms with Crippen molar-refractivity contribution >= 4 is 34.7 Å². The zero-order valence-corrected chi connectivity index (χ0v) is 16.8. The molecule has 0 bridgehead atoms. The highest BCUT2D eigenvalue weighted by Gasteiger charge is 2.27. The Kier molecular flexibility index (Phi) is 5.07. The van der Waals surface area contributed by atoms with E-state index in [0.717, 1.165) is 14.0 Å². The molecule has 0 spiro atoms. The third-order valence-corrected chi connectivity index (χ3v) is 6.18. The number of nitrogen functional groups attached to an aromatic ring is 1. The van der Waals surface area contributed by atoms with Crippen LogP contribution in [0.4, 0.5) is 5.82 Å². The van der Waals surface area contributed by atoms with E-state index in [-0.39, 0.29) is 11.4 Å². The smallest absolute Gasteiger partial charge is 0.332 e. The van der Waals surface area contributed by atoms with Crippen molar-refractivity contribution in [2.45, 2.75) is 17.3 Å². The van der Waals surface area contributed by atoms with Crippen LogP contribution in [0, 0.1) is 0 Å². The first-order chi connectivity index (χ1) is 12.7. The molecule has 0 aliphatic carbocycles. The summed E-state index contributed by atoms with van der Waals surface area (Å²) in [7, 11) is 4.55. The quantitative estimate of drug-likeness (QED) is 0.494. The fourth-order valence-corrected chi connectivity index (χ4v) is 4.16. The van der Waals surface area contributed by atoms with Crippen molar-refractivity contribution < 1.29 is 4.79 Å². The van der Waals surface area contributed by atoms with Crippen molar-refractivity contribution in [2.75, 3.05) is 5.73 Å². The Labute approximate surface area is 162 Å². The molecule has 3 rings (SSSR count). The van der Waals surface area contributed by atoms with Crippen molar-refractivity contribution in [1.29, 1.82) is 0 Å². The first-order valence-corrected chi connectivity index (χ1v) is 9.69. The standard InChI is InChI=1S/C16H18N6O3S2/c1-8(11(23)10-12(17)20(2)16(25)22(4)14(10)24)27-15-19-18-13(21(15)3)9-6-5-7-26-9/h5-8H,17H2,1-4H3. The first kappa shape index (κ1) is 19.1. The van der Waals surface area contributed by atoms with Crippen LogP contribution in [0.15, 0.2) is 32.3 Å². The normalized spacial score (nSPS) is 12.3. The second-order valence-corrected chi connectivity index (χ2v) is 8.19. The maximum Gasteiger partial charge on any atom is 0.332 e. The highest BCUT2D eigenvalue weighted by atomic mass is 32.2. The SMILES string of the molecule is CC(Sc1nnc(-c2cccs2)n1C)C(=O)c1c(N)n(C)c(=O)n(C)c1=O. The number of nitrogens with zero attached hydrogens (tertiary/aromatic N) is 5. The van der Waals surface area contributed by atoms with E-state index >= 15 is 0 Å². The van der Waals surface area contributed by atoms with Gasteiger partial charge < -0.3 is 10.3 Å². The molecule has 0 aromatic carbocycles. The number of rotatable bonds is 5. The molecule has 3 aromatic rings. The highest BCUT2D eigenvalue weighted by molar-refractivity contribution is 8.00. The van der Waals surface area contributed by atoms with E-state index in [4.69, 9.17) is 5.73 Å². The number of nitrogens with two attached hydrogens (primary N) is 1. The average molecular weight is 406 g/mol. The van der Waals surface area contributed by atoms with Crippen molar-refractivity contribution in [1.82, 2.24) is 23.9 Å². The molecule has 1 atom stereocenters. The minimum absolute atomic E-state index is 0.141. The van der Waals surface area contributed by atoms with E-state index in [9.17, 15) is 14.4 Å². The highest BCUT2D eigenvalue weighted by Crippen LogP contribution is 2.29. The monoisotopic (exact) mass is 406 g/mol. The third-order valence-electron chi connectivity index (χ3n) is 4.18. The lowest BCUT2D eigenvalue weighted by Crippen LogP contribution is -2.42. The van der Waals surface area contributed by atoms with Crippen LogP contribution in [0.1, 0.15) is 17.3 Å². The van der Waals surface area contributed by atoms with Gasteiger partial charge in [0.05, 0.1) is 10.1 Å². The summed E-state index contributed by atoms with van der Waals surface area (Å²) in [5.41, 5.74) is 4.39. The molecule has 27 heavy (non-hydrogen) atoms. The molecular weight excluding hydrogens is 388 g/mol. The van der Waals surface area contributed by atoms with Gasteiger partial charge in [0, 0.05) is 21.1 Å². The topological polar surface area (TPSA) is 118 Å². The number of hydrogen-bond acceptors (Lipinski definition) is 8. The lowest BCUT2D eigenvalue weighted by Gasteiger charge is -2.14. The molecule has 3 heterocycles. The molecule has 0 fully saturated rings. The molecule has 0 saturated heterocycles. The lowest BCUT2D eigenvalue weighted by atomic mass is 10.1. The molecule has 142 valence electrons. The number of carbonyl (C=O) groups excluding carboxylic acids is 1. The molecule has 0 aliphatic heterocycles. The zero-order chi connectivity index (χ0) is 19.9. The summed E-state index contributed by atoms with van der Waals surface area (Å²) in [4.78, 5) is 38.1. The predicted octanol–water partition coefficient (Wildman–Crippen LogP) is 0.887. The Balaban J connectivity index is 1.93. The van der Waals surface area contributed by atoms with Gasteiger partial charge in [-0.15, -0.1) is 21.5 Å². The van der Waals surface area contributed by atoms with Gasteiger partial charge in [-0.3, -0.25) is 18.7 Å². The molecule has 2 N–H and O–H groups in total. The first-order valence-electron chi connectivity index (χ1n) is 7.93. The van der Waals surface area contributed by atoms with Gasteiger partial charge in [0.15, 0.2) is 16.8 Å². The molecule has 3 aromatic heterocycles. The van der Waals surface area contributed by atoms with Crippen LogP contribution in [-0.4, -0.2) is 34.9 Å². The van der Waals surface area contributed by atoms with Crippen LogP contribution in [0.3, 0.4) is 0 Å². The fraction of sp³-hybridized carbons (Fsp3) is 0.312. The van der Waals surface area contributed by atoms with Gasteiger partial charge >= 0.3 is 5.69 Å². The summed E-state index contributed by atoms with van der Waals surface area (Å²) in [6.45, 7) is 1.66. The maximum absolute atomic E-state index is 12.9. The van der Waals surface area contributed by atoms with Gasteiger partial charge in [-0.25, -0.2) is 4.79 Å². The number of hydrogen-bond donors (Lipinski definition) is 1. The second-order valence-electron chi connectivity index (χ2n) is 5.93. The van der Waals surface area contributed by atoms with Crippen molar-refractivity contribution in [3.63, 3.8) is 0 Å². The van der Waals surface area contributed by atoms with Gasteiger partial charge in [0.2, 0.25) is 0 Å². The van der Waals surface area contributed by atoms with E-state index in [1.165, 1.54) is 25.9 Å². The number of thiophene rings is 1. The number of thioether (sulfide) groups is 1. The molecule has 11 heteroatoms.